The Morgan fingerprint density at radius 1 is 1.33 bits per heavy atom. The zero-order valence-corrected chi connectivity index (χ0v) is 11.7. The molecule has 1 aliphatic heterocycles. The summed E-state index contributed by atoms with van der Waals surface area (Å²) in [4.78, 5) is 14.3. The van der Waals surface area contributed by atoms with Crippen molar-refractivity contribution in [2.45, 2.75) is 51.1 Å². The van der Waals surface area contributed by atoms with Crippen LogP contribution in [0.2, 0.25) is 0 Å². The van der Waals surface area contributed by atoms with Crippen LogP contribution in [0, 0.1) is 5.92 Å². The van der Waals surface area contributed by atoms with Crippen LogP contribution in [0.4, 0.5) is 0 Å². The number of rotatable bonds is 5. The molecule has 2 N–H and O–H groups in total. The Morgan fingerprint density at radius 3 is 2.67 bits per heavy atom. The highest BCUT2D eigenvalue weighted by Gasteiger charge is 2.23. The molecule has 0 aromatic rings. The van der Waals surface area contributed by atoms with E-state index in [2.05, 4.69) is 22.6 Å². The van der Waals surface area contributed by atoms with Crippen LogP contribution < -0.4 is 10.6 Å². The van der Waals surface area contributed by atoms with Crippen LogP contribution in [-0.4, -0.2) is 49.6 Å². The van der Waals surface area contributed by atoms with E-state index < -0.39 is 0 Å². The molecule has 4 nitrogen and oxygen atoms in total. The second-order valence-electron chi connectivity index (χ2n) is 6.04. The van der Waals surface area contributed by atoms with Gasteiger partial charge >= 0.3 is 0 Å². The normalized spacial score (nSPS) is 27.6. The summed E-state index contributed by atoms with van der Waals surface area (Å²) < 4.78 is 0. The maximum atomic E-state index is 12.0. The minimum Gasteiger partial charge on any atom is -0.352 e. The molecule has 2 unspecified atom stereocenters. The lowest BCUT2D eigenvalue weighted by Gasteiger charge is -2.19. The molecule has 2 aliphatic rings. The topological polar surface area (TPSA) is 44.4 Å². The van der Waals surface area contributed by atoms with E-state index in [1.54, 1.807) is 0 Å². The first kappa shape index (κ1) is 13.8. The fourth-order valence-corrected chi connectivity index (χ4v) is 3.03. The van der Waals surface area contributed by atoms with Crippen LogP contribution in [0.25, 0.3) is 0 Å². The number of amides is 1. The second kappa shape index (κ2) is 6.53. The highest BCUT2D eigenvalue weighted by molar-refractivity contribution is 5.81. The van der Waals surface area contributed by atoms with Crippen LogP contribution in [0.15, 0.2) is 0 Å². The van der Waals surface area contributed by atoms with Gasteiger partial charge in [-0.2, -0.15) is 0 Å². The molecule has 1 aliphatic carbocycles. The molecule has 104 valence electrons. The summed E-state index contributed by atoms with van der Waals surface area (Å²) >= 11 is 0. The summed E-state index contributed by atoms with van der Waals surface area (Å²) in [5.74, 6) is 0.880. The first-order valence-electron chi connectivity index (χ1n) is 7.37. The van der Waals surface area contributed by atoms with Crippen molar-refractivity contribution in [3.05, 3.63) is 0 Å². The Bertz CT molecular complexity index is 276. The van der Waals surface area contributed by atoms with Crippen molar-refractivity contribution in [3.63, 3.8) is 0 Å². The molecular formula is C14H27N3O. The lowest BCUT2D eigenvalue weighted by Crippen LogP contribution is -2.46. The van der Waals surface area contributed by atoms with E-state index in [1.807, 2.05) is 6.92 Å². The van der Waals surface area contributed by atoms with E-state index in [4.69, 9.17) is 0 Å². The van der Waals surface area contributed by atoms with E-state index in [9.17, 15) is 4.79 Å². The van der Waals surface area contributed by atoms with E-state index in [-0.39, 0.29) is 11.9 Å². The summed E-state index contributed by atoms with van der Waals surface area (Å²) in [6, 6.07) is 0.371. The van der Waals surface area contributed by atoms with Crippen LogP contribution in [0.5, 0.6) is 0 Å². The summed E-state index contributed by atoms with van der Waals surface area (Å²) in [5.41, 5.74) is 0. The summed E-state index contributed by atoms with van der Waals surface area (Å²) in [6.45, 7) is 5.28. The van der Waals surface area contributed by atoms with E-state index in [1.165, 1.54) is 25.8 Å². The number of carbonyl (C=O) groups excluding carboxylic acids is 1. The van der Waals surface area contributed by atoms with Gasteiger partial charge in [0, 0.05) is 12.6 Å². The van der Waals surface area contributed by atoms with Crippen molar-refractivity contribution < 1.29 is 4.79 Å². The third kappa shape index (κ3) is 3.95. The van der Waals surface area contributed by atoms with Crippen LogP contribution in [0.1, 0.15) is 39.0 Å². The molecule has 2 rings (SSSR count). The standard InChI is InChI=1S/C14H27N3O/c1-11(14(18)16-13-5-3-4-6-13)15-9-12-7-8-17(2)10-12/h11-13,15H,3-10H2,1-2H3,(H,16,18). The average molecular weight is 253 g/mol. The van der Waals surface area contributed by atoms with Gasteiger partial charge in [0.1, 0.15) is 0 Å². The maximum Gasteiger partial charge on any atom is 0.237 e. The van der Waals surface area contributed by atoms with E-state index >= 15 is 0 Å². The zero-order valence-electron chi connectivity index (χ0n) is 11.7. The minimum absolute atomic E-state index is 0.0588. The molecule has 1 saturated carbocycles. The van der Waals surface area contributed by atoms with Gasteiger partial charge in [-0.15, -0.1) is 0 Å². The van der Waals surface area contributed by atoms with Crippen molar-refractivity contribution in [2.75, 3.05) is 26.7 Å². The third-order valence-corrected chi connectivity index (χ3v) is 4.30. The third-order valence-electron chi connectivity index (χ3n) is 4.30. The van der Waals surface area contributed by atoms with Crippen molar-refractivity contribution >= 4 is 5.91 Å². The quantitative estimate of drug-likeness (QED) is 0.767. The highest BCUT2D eigenvalue weighted by Crippen LogP contribution is 2.17. The number of hydrogen-bond acceptors (Lipinski definition) is 3. The van der Waals surface area contributed by atoms with Crippen LogP contribution >= 0.6 is 0 Å². The molecule has 0 aromatic carbocycles. The van der Waals surface area contributed by atoms with Gasteiger partial charge < -0.3 is 15.5 Å². The molecule has 0 spiro atoms. The first-order valence-corrected chi connectivity index (χ1v) is 7.37. The fourth-order valence-electron chi connectivity index (χ4n) is 3.03. The monoisotopic (exact) mass is 253 g/mol. The molecule has 0 radical (unpaired) electrons. The summed E-state index contributed by atoms with van der Waals surface area (Å²) in [5, 5.41) is 6.53. The minimum atomic E-state index is -0.0588. The number of nitrogens with zero attached hydrogens (tertiary/aromatic N) is 1. The first-order chi connectivity index (χ1) is 8.65. The Morgan fingerprint density at radius 2 is 2.06 bits per heavy atom. The van der Waals surface area contributed by atoms with Gasteiger partial charge in [-0.1, -0.05) is 12.8 Å². The van der Waals surface area contributed by atoms with E-state index in [0.717, 1.165) is 25.9 Å². The maximum absolute atomic E-state index is 12.0. The van der Waals surface area contributed by atoms with Crippen molar-refractivity contribution in [1.82, 2.24) is 15.5 Å². The lowest BCUT2D eigenvalue weighted by atomic mass is 10.1. The van der Waals surface area contributed by atoms with Crippen molar-refractivity contribution in [1.29, 1.82) is 0 Å². The SMILES string of the molecule is CC(NCC1CCN(C)C1)C(=O)NC1CCCC1. The van der Waals surface area contributed by atoms with Gasteiger partial charge in [-0.05, 0) is 52.2 Å². The van der Waals surface area contributed by atoms with Crippen molar-refractivity contribution in [3.8, 4) is 0 Å². The van der Waals surface area contributed by atoms with Gasteiger partial charge in [0.15, 0.2) is 0 Å². The molecular weight excluding hydrogens is 226 g/mol. The predicted octanol–water partition coefficient (Wildman–Crippen LogP) is 0.975. The van der Waals surface area contributed by atoms with Gasteiger partial charge in [0.05, 0.1) is 6.04 Å². The van der Waals surface area contributed by atoms with Gasteiger partial charge in [-0.25, -0.2) is 0 Å². The molecule has 4 heteroatoms. The predicted molar refractivity (Wildman–Crippen MR) is 73.5 cm³/mol. The highest BCUT2D eigenvalue weighted by atomic mass is 16.2. The number of hydrogen-bond donors (Lipinski definition) is 2. The second-order valence-corrected chi connectivity index (χ2v) is 6.04. The van der Waals surface area contributed by atoms with Crippen LogP contribution in [0.3, 0.4) is 0 Å². The Hall–Kier alpha value is -0.610. The molecule has 1 heterocycles. The van der Waals surface area contributed by atoms with E-state index in [0.29, 0.717) is 12.0 Å². The molecule has 1 saturated heterocycles. The Balaban J connectivity index is 1.63. The van der Waals surface area contributed by atoms with Gasteiger partial charge in [0.2, 0.25) is 5.91 Å². The molecule has 1 amide bonds. The van der Waals surface area contributed by atoms with Crippen LogP contribution in [-0.2, 0) is 4.79 Å². The molecule has 0 bridgehead atoms. The summed E-state index contributed by atoms with van der Waals surface area (Å²) in [7, 11) is 2.16. The smallest absolute Gasteiger partial charge is 0.237 e. The molecule has 18 heavy (non-hydrogen) atoms. The van der Waals surface area contributed by atoms with Crippen molar-refractivity contribution in [2.24, 2.45) is 5.92 Å². The number of nitrogens with one attached hydrogen (secondary N) is 2. The Labute approximate surface area is 110 Å². The van der Waals surface area contributed by atoms with Gasteiger partial charge in [-0.3, -0.25) is 4.79 Å². The Kier molecular flexibility index (Phi) is 5.01. The summed E-state index contributed by atoms with van der Waals surface area (Å²) in [6.07, 6.45) is 6.10. The fraction of sp³-hybridized carbons (Fsp3) is 0.929. The molecule has 2 atom stereocenters. The number of carbonyl (C=O) groups is 1. The largest absolute Gasteiger partial charge is 0.352 e. The van der Waals surface area contributed by atoms with Gasteiger partial charge in [0.25, 0.3) is 0 Å². The zero-order chi connectivity index (χ0) is 13.0. The number of likely N-dealkylation sites (tertiary alicyclic amines) is 1. The lowest BCUT2D eigenvalue weighted by molar-refractivity contribution is -0.123. The average Bonchev–Trinajstić information content (AvgIpc) is 2.97. The molecule has 2 fully saturated rings. The molecule has 0 aromatic heterocycles.